The first-order valence-electron chi connectivity index (χ1n) is 5.43. The fourth-order valence-electron chi connectivity index (χ4n) is 1.46. The summed E-state index contributed by atoms with van der Waals surface area (Å²) in [6.07, 6.45) is 9.12. The maximum Gasteiger partial charge on any atom is 0.124 e. The first kappa shape index (κ1) is 11.0. The van der Waals surface area contributed by atoms with Crippen molar-refractivity contribution in [2.24, 2.45) is 0 Å². The van der Waals surface area contributed by atoms with E-state index in [1.54, 1.807) is 6.26 Å². The summed E-state index contributed by atoms with van der Waals surface area (Å²) in [6, 6.07) is 1.87. The quantitative estimate of drug-likeness (QED) is 0.610. The zero-order valence-corrected chi connectivity index (χ0v) is 8.96. The van der Waals surface area contributed by atoms with Gasteiger partial charge in [0.15, 0.2) is 0 Å². The summed E-state index contributed by atoms with van der Waals surface area (Å²) in [7, 11) is 0. The fraction of sp³-hybridized carbons (Fsp3) is 0.583. The molecule has 0 saturated heterocycles. The summed E-state index contributed by atoms with van der Waals surface area (Å²) in [5.74, 6) is 0. The SMILES string of the molecule is C=C(CCCCCCC)c1ccon1. The monoisotopic (exact) mass is 193 g/mol. The van der Waals surface area contributed by atoms with Crippen molar-refractivity contribution in [1.82, 2.24) is 5.16 Å². The predicted molar refractivity (Wildman–Crippen MR) is 58.9 cm³/mol. The number of rotatable bonds is 7. The summed E-state index contributed by atoms with van der Waals surface area (Å²) in [5, 5.41) is 3.86. The lowest BCUT2D eigenvalue weighted by Gasteiger charge is -2.01. The van der Waals surface area contributed by atoms with E-state index in [0.29, 0.717) is 0 Å². The van der Waals surface area contributed by atoms with Gasteiger partial charge in [-0.15, -0.1) is 0 Å². The van der Waals surface area contributed by atoms with Crippen LogP contribution >= 0.6 is 0 Å². The van der Waals surface area contributed by atoms with Crippen LogP contribution in [-0.2, 0) is 0 Å². The van der Waals surface area contributed by atoms with Crippen LogP contribution in [0.15, 0.2) is 23.4 Å². The van der Waals surface area contributed by atoms with Crippen LogP contribution in [0.25, 0.3) is 5.57 Å². The van der Waals surface area contributed by atoms with E-state index in [9.17, 15) is 0 Å². The zero-order valence-electron chi connectivity index (χ0n) is 8.96. The molecule has 2 nitrogen and oxygen atoms in total. The van der Waals surface area contributed by atoms with Crippen LogP contribution in [0, 0.1) is 0 Å². The van der Waals surface area contributed by atoms with E-state index in [0.717, 1.165) is 17.7 Å². The van der Waals surface area contributed by atoms with Gasteiger partial charge < -0.3 is 4.52 Å². The Kier molecular flexibility index (Phi) is 5.05. The maximum absolute atomic E-state index is 4.77. The van der Waals surface area contributed by atoms with E-state index in [1.165, 1.54) is 32.1 Å². The van der Waals surface area contributed by atoms with Gasteiger partial charge in [-0.25, -0.2) is 0 Å². The Morgan fingerprint density at radius 2 is 2.14 bits per heavy atom. The van der Waals surface area contributed by atoms with Crippen molar-refractivity contribution in [1.29, 1.82) is 0 Å². The van der Waals surface area contributed by atoms with Gasteiger partial charge in [0, 0.05) is 6.07 Å². The van der Waals surface area contributed by atoms with Gasteiger partial charge >= 0.3 is 0 Å². The first-order valence-corrected chi connectivity index (χ1v) is 5.43. The molecule has 0 atom stereocenters. The van der Waals surface area contributed by atoms with Crippen molar-refractivity contribution in [3.63, 3.8) is 0 Å². The van der Waals surface area contributed by atoms with Crippen molar-refractivity contribution < 1.29 is 4.52 Å². The molecule has 0 radical (unpaired) electrons. The molecule has 2 heteroatoms. The normalized spacial score (nSPS) is 10.4. The number of allylic oxidation sites excluding steroid dienone is 1. The molecule has 0 aliphatic carbocycles. The molecule has 0 spiro atoms. The summed E-state index contributed by atoms with van der Waals surface area (Å²) < 4.78 is 4.77. The largest absolute Gasteiger partial charge is 0.364 e. The second kappa shape index (κ2) is 6.41. The van der Waals surface area contributed by atoms with Crippen molar-refractivity contribution in [3.05, 3.63) is 24.6 Å². The molecule has 0 aliphatic heterocycles. The highest BCUT2D eigenvalue weighted by Crippen LogP contribution is 2.17. The van der Waals surface area contributed by atoms with Crippen LogP contribution in [-0.4, -0.2) is 5.16 Å². The van der Waals surface area contributed by atoms with E-state index >= 15 is 0 Å². The number of aromatic nitrogens is 1. The Hall–Kier alpha value is -1.05. The van der Waals surface area contributed by atoms with Crippen molar-refractivity contribution in [3.8, 4) is 0 Å². The third kappa shape index (κ3) is 3.77. The van der Waals surface area contributed by atoms with Gasteiger partial charge in [-0.2, -0.15) is 0 Å². The molecular weight excluding hydrogens is 174 g/mol. The Bertz CT molecular complexity index is 251. The number of hydrogen-bond acceptors (Lipinski definition) is 2. The van der Waals surface area contributed by atoms with Gasteiger partial charge in [-0.05, 0) is 18.4 Å². The van der Waals surface area contributed by atoms with Crippen LogP contribution in [0.3, 0.4) is 0 Å². The summed E-state index contributed by atoms with van der Waals surface area (Å²) in [4.78, 5) is 0. The summed E-state index contributed by atoms with van der Waals surface area (Å²) in [5.41, 5.74) is 2.00. The van der Waals surface area contributed by atoms with E-state index in [-0.39, 0.29) is 0 Å². The fourth-order valence-corrected chi connectivity index (χ4v) is 1.46. The minimum Gasteiger partial charge on any atom is -0.364 e. The third-order valence-electron chi connectivity index (χ3n) is 2.38. The van der Waals surface area contributed by atoms with E-state index in [1.807, 2.05) is 6.07 Å². The van der Waals surface area contributed by atoms with Gasteiger partial charge in [0.1, 0.15) is 12.0 Å². The smallest absolute Gasteiger partial charge is 0.124 e. The Morgan fingerprint density at radius 3 is 2.79 bits per heavy atom. The first-order chi connectivity index (χ1) is 6.84. The topological polar surface area (TPSA) is 26.0 Å². The molecule has 1 rings (SSSR count). The molecule has 1 heterocycles. The molecule has 14 heavy (non-hydrogen) atoms. The lowest BCUT2D eigenvalue weighted by molar-refractivity contribution is 0.417. The molecule has 78 valence electrons. The molecule has 0 aromatic carbocycles. The van der Waals surface area contributed by atoms with Gasteiger partial charge in [0.2, 0.25) is 0 Å². The second-order valence-electron chi connectivity index (χ2n) is 3.65. The molecular formula is C12H19NO. The van der Waals surface area contributed by atoms with Gasteiger partial charge in [0.25, 0.3) is 0 Å². The molecule has 0 saturated carbocycles. The Balaban J connectivity index is 2.10. The maximum atomic E-state index is 4.77. The summed E-state index contributed by atoms with van der Waals surface area (Å²) in [6.45, 7) is 6.22. The molecule has 1 aromatic heterocycles. The number of hydrogen-bond donors (Lipinski definition) is 0. The molecule has 0 aliphatic rings. The molecule has 0 unspecified atom stereocenters. The molecule has 0 N–H and O–H groups in total. The van der Waals surface area contributed by atoms with E-state index < -0.39 is 0 Å². The van der Waals surface area contributed by atoms with Crippen molar-refractivity contribution >= 4 is 5.57 Å². The highest BCUT2D eigenvalue weighted by atomic mass is 16.5. The van der Waals surface area contributed by atoms with Crippen LogP contribution < -0.4 is 0 Å². The minimum absolute atomic E-state index is 0.903. The van der Waals surface area contributed by atoms with E-state index in [2.05, 4.69) is 18.7 Å². The van der Waals surface area contributed by atoms with Crippen LogP contribution in [0.4, 0.5) is 0 Å². The molecule has 0 bridgehead atoms. The Labute approximate surface area is 86.0 Å². The summed E-state index contributed by atoms with van der Waals surface area (Å²) >= 11 is 0. The number of nitrogens with zero attached hydrogens (tertiary/aromatic N) is 1. The number of unbranched alkanes of at least 4 members (excludes halogenated alkanes) is 4. The third-order valence-corrected chi connectivity index (χ3v) is 2.38. The molecule has 0 fully saturated rings. The lowest BCUT2D eigenvalue weighted by Crippen LogP contribution is -1.84. The average molecular weight is 193 g/mol. The minimum atomic E-state index is 0.903. The van der Waals surface area contributed by atoms with Crippen LogP contribution in [0.1, 0.15) is 51.1 Å². The van der Waals surface area contributed by atoms with Crippen LogP contribution in [0.5, 0.6) is 0 Å². The molecule has 1 aromatic rings. The zero-order chi connectivity index (χ0) is 10.2. The van der Waals surface area contributed by atoms with Crippen LogP contribution in [0.2, 0.25) is 0 Å². The van der Waals surface area contributed by atoms with E-state index in [4.69, 9.17) is 4.52 Å². The standard InChI is InChI=1S/C12H19NO/c1-3-4-5-6-7-8-11(2)12-9-10-14-13-12/h9-10H,2-8H2,1H3. The lowest BCUT2D eigenvalue weighted by atomic mass is 10.1. The average Bonchev–Trinajstić information content (AvgIpc) is 2.70. The van der Waals surface area contributed by atoms with Gasteiger partial charge in [-0.3, -0.25) is 0 Å². The van der Waals surface area contributed by atoms with Crippen molar-refractivity contribution in [2.75, 3.05) is 0 Å². The highest BCUT2D eigenvalue weighted by molar-refractivity contribution is 5.58. The second-order valence-corrected chi connectivity index (χ2v) is 3.65. The van der Waals surface area contributed by atoms with Crippen molar-refractivity contribution in [2.45, 2.75) is 45.4 Å². The van der Waals surface area contributed by atoms with Gasteiger partial charge in [-0.1, -0.05) is 44.3 Å². The Morgan fingerprint density at radius 1 is 1.36 bits per heavy atom. The highest BCUT2D eigenvalue weighted by Gasteiger charge is 2.01. The van der Waals surface area contributed by atoms with Gasteiger partial charge in [0.05, 0.1) is 0 Å². The predicted octanol–water partition coefficient (Wildman–Crippen LogP) is 4.05. The molecule has 0 amide bonds.